The van der Waals surface area contributed by atoms with E-state index in [4.69, 9.17) is 23.9 Å². The van der Waals surface area contributed by atoms with E-state index >= 15 is 0 Å². The average molecular weight is 850 g/mol. The van der Waals surface area contributed by atoms with Crippen LogP contribution in [0.1, 0.15) is 68.3 Å². The minimum absolute atomic E-state index is 0.0213. The topological polar surface area (TPSA) is 246 Å². The molecule has 3 fully saturated rings. The highest BCUT2D eigenvalue weighted by Gasteiger charge is 2.42. The Bertz CT molecular complexity index is 2380. The van der Waals surface area contributed by atoms with E-state index in [0.29, 0.717) is 37.8 Å². The summed E-state index contributed by atoms with van der Waals surface area (Å²) in [7, 11) is 3.75. The lowest BCUT2D eigenvalue weighted by Crippen LogP contribution is -2.36. The van der Waals surface area contributed by atoms with Gasteiger partial charge in [-0.25, -0.2) is 19.2 Å². The number of carbonyl (C=O) groups is 6. The molecule has 0 unspecified atom stereocenters. The predicted molar refractivity (Wildman–Crippen MR) is 222 cm³/mol. The molecule has 3 aliphatic rings. The molecule has 3 saturated heterocycles. The Balaban J connectivity index is 0.000000177. The van der Waals surface area contributed by atoms with Crippen molar-refractivity contribution in [2.24, 2.45) is 0 Å². The van der Waals surface area contributed by atoms with Crippen LogP contribution in [0.2, 0.25) is 0 Å². The van der Waals surface area contributed by atoms with Gasteiger partial charge in [0.15, 0.2) is 0 Å². The summed E-state index contributed by atoms with van der Waals surface area (Å²) in [5.74, 6) is -3.06. The second-order valence-electron chi connectivity index (χ2n) is 14.3. The van der Waals surface area contributed by atoms with Crippen molar-refractivity contribution in [2.75, 3.05) is 42.7 Å². The van der Waals surface area contributed by atoms with Gasteiger partial charge in [0.05, 0.1) is 18.5 Å². The lowest BCUT2D eigenvalue weighted by Gasteiger charge is -2.21. The first-order chi connectivity index (χ1) is 28.6. The molecular weight excluding hydrogens is 803 g/mol. The van der Waals surface area contributed by atoms with Crippen LogP contribution in [0.4, 0.5) is 16.2 Å². The average Bonchev–Trinajstić information content (AvgIpc) is 3.86. The monoisotopic (exact) mass is 849 g/mol. The van der Waals surface area contributed by atoms with E-state index < -0.39 is 41.0 Å². The zero-order valence-corrected chi connectivity index (χ0v) is 34.4. The first-order valence-electron chi connectivity index (χ1n) is 19.4. The highest BCUT2D eigenvalue weighted by molar-refractivity contribution is 8.00. The van der Waals surface area contributed by atoms with Gasteiger partial charge in [-0.2, -0.15) is 11.8 Å². The number of unbranched alkanes of at least 4 members (excludes halogenated alkanes) is 1. The third-order valence-corrected chi connectivity index (χ3v) is 11.5. The molecule has 2 aromatic carbocycles. The van der Waals surface area contributed by atoms with Crippen LogP contribution in [-0.2, 0) is 30.4 Å². The second-order valence-corrected chi connectivity index (χ2v) is 15.6. The standard InChI is InChI=1S/C18H18N2O6.C13H13NO4.C10H16N2O3S/c1-3-19(4-2)12-6-5-11-9-13(17(23)25-14(11)10-12)18(24)26-20-15(21)7-8-16(20)22;1-14(2)9-3-4-10-8(5-12(15)16)6-13(17)18-11(10)7-9;13-8(14)4-2-1-3-7-9-6(5-16-7)11-10(15)12-9/h5-6,9-10H,3-4,7-8H2,1-2H3;3-4,6-7H,5H2,1-2H3,(H,15,16);6-7,9H,1-5H2,(H,13,14)(H2,11,12,15)/t;;6-,7-,9-/m..0/s1. The Morgan fingerprint density at radius 1 is 0.850 bits per heavy atom. The van der Waals surface area contributed by atoms with E-state index in [2.05, 4.69) is 15.5 Å². The van der Waals surface area contributed by atoms with E-state index in [0.717, 1.165) is 49.5 Å². The maximum absolute atomic E-state index is 12.2. The largest absolute Gasteiger partial charge is 0.481 e. The van der Waals surface area contributed by atoms with Crippen LogP contribution in [0.15, 0.2) is 67.0 Å². The summed E-state index contributed by atoms with van der Waals surface area (Å²) in [6, 6.07) is 13.7. The van der Waals surface area contributed by atoms with Crippen LogP contribution in [-0.4, -0.2) is 101 Å². The number of aliphatic carboxylic acids is 2. The van der Waals surface area contributed by atoms with Gasteiger partial charge in [0.2, 0.25) is 0 Å². The fourth-order valence-corrected chi connectivity index (χ4v) is 8.43. The van der Waals surface area contributed by atoms with Crippen molar-refractivity contribution in [1.29, 1.82) is 0 Å². The number of carboxylic acid groups (broad SMARTS) is 2. The zero-order chi connectivity index (χ0) is 43.7. The van der Waals surface area contributed by atoms with Crippen molar-refractivity contribution < 1.29 is 52.7 Å². The molecule has 0 spiro atoms. The van der Waals surface area contributed by atoms with Crippen molar-refractivity contribution in [3.63, 3.8) is 0 Å². The Labute approximate surface area is 347 Å². The normalized spacial score (nSPS) is 17.8. The van der Waals surface area contributed by atoms with Crippen LogP contribution in [0.25, 0.3) is 21.9 Å². The summed E-state index contributed by atoms with van der Waals surface area (Å²) < 4.78 is 10.3. The fraction of sp³-hybridized carbons (Fsp3) is 0.415. The van der Waals surface area contributed by atoms with Gasteiger partial charge in [0.25, 0.3) is 11.8 Å². The quantitative estimate of drug-likeness (QED) is 0.0639. The van der Waals surface area contributed by atoms with Gasteiger partial charge >= 0.3 is 35.2 Å². The van der Waals surface area contributed by atoms with E-state index in [1.54, 1.807) is 24.3 Å². The molecule has 7 rings (SSSR count). The van der Waals surface area contributed by atoms with Crippen LogP contribution in [0.3, 0.4) is 0 Å². The lowest BCUT2D eigenvalue weighted by molar-refractivity contribution is -0.172. The number of nitrogens with one attached hydrogen (secondary N) is 2. The number of carboxylic acids is 2. The van der Waals surface area contributed by atoms with Crippen LogP contribution < -0.4 is 31.7 Å². The third-order valence-electron chi connectivity index (χ3n) is 9.99. The molecule has 320 valence electrons. The summed E-state index contributed by atoms with van der Waals surface area (Å²) in [6.45, 7) is 5.64. The molecule has 2 aromatic heterocycles. The molecule has 19 heteroatoms. The van der Waals surface area contributed by atoms with Gasteiger partial charge in [-0.05, 0) is 62.6 Å². The number of benzene rings is 2. The molecule has 60 heavy (non-hydrogen) atoms. The van der Waals surface area contributed by atoms with Gasteiger partial charge in [-0.15, -0.1) is 5.06 Å². The van der Waals surface area contributed by atoms with Crippen LogP contribution in [0, 0.1) is 0 Å². The first kappa shape index (κ1) is 44.7. The third kappa shape index (κ3) is 11.2. The van der Waals surface area contributed by atoms with Crippen molar-refractivity contribution in [3.8, 4) is 0 Å². The van der Waals surface area contributed by atoms with Crippen LogP contribution in [0.5, 0.6) is 0 Å². The van der Waals surface area contributed by atoms with Crippen molar-refractivity contribution >= 4 is 80.8 Å². The highest BCUT2D eigenvalue weighted by Crippen LogP contribution is 2.33. The van der Waals surface area contributed by atoms with Crippen molar-refractivity contribution in [3.05, 3.63) is 80.5 Å². The maximum atomic E-state index is 12.2. The number of hydrogen-bond acceptors (Lipinski definition) is 14. The van der Waals surface area contributed by atoms with E-state index in [-0.39, 0.29) is 49.4 Å². The number of hydrogen-bond donors (Lipinski definition) is 4. The smallest absolute Gasteiger partial charge is 0.371 e. The molecule has 4 amide bonds. The Morgan fingerprint density at radius 2 is 1.53 bits per heavy atom. The molecule has 4 N–H and O–H groups in total. The van der Waals surface area contributed by atoms with E-state index in [1.807, 2.05) is 56.7 Å². The van der Waals surface area contributed by atoms with Crippen molar-refractivity contribution in [2.45, 2.75) is 76.1 Å². The number of imide groups is 1. The number of fused-ring (bicyclic) bond motifs is 3. The summed E-state index contributed by atoms with van der Waals surface area (Å²) in [5, 5.41) is 25.2. The Morgan fingerprint density at radius 3 is 2.18 bits per heavy atom. The fourth-order valence-electron chi connectivity index (χ4n) is 6.89. The number of amides is 4. The van der Waals surface area contributed by atoms with Gasteiger partial charge in [-0.3, -0.25) is 19.2 Å². The molecule has 0 aliphatic carbocycles. The number of anilines is 2. The van der Waals surface area contributed by atoms with Gasteiger partial charge in [-0.1, -0.05) is 6.42 Å². The number of rotatable bonds is 13. The van der Waals surface area contributed by atoms with Gasteiger partial charge in [0, 0.05) is 97.8 Å². The maximum Gasteiger partial charge on any atom is 0.371 e. The first-order valence-corrected chi connectivity index (χ1v) is 20.4. The number of carbonyl (C=O) groups excluding carboxylic acids is 4. The SMILES string of the molecule is CCN(CC)c1ccc2cc(C(=O)ON3C(=O)CCC3=O)c(=O)oc2c1.CN(C)c1ccc2c(CC(=O)O)cc(=O)oc2c1.O=C(O)CCCC[C@@H]1SC[C@@H]2NC(=O)N[C@@H]21. The highest BCUT2D eigenvalue weighted by atomic mass is 32.2. The number of urea groups is 1. The molecule has 4 aromatic rings. The Hall–Kier alpha value is -6.37. The minimum Gasteiger partial charge on any atom is -0.481 e. The Kier molecular flexibility index (Phi) is 15.0. The summed E-state index contributed by atoms with van der Waals surface area (Å²) in [6.07, 6.45) is 2.65. The summed E-state index contributed by atoms with van der Waals surface area (Å²) in [4.78, 5) is 99.8. The summed E-state index contributed by atoms with van der Waals surface area (Å²) in [5.41, 5.74) is 1.20. The molecule has 3 aliphatic heterocycles. The van der Waals surface area contributed by atoms with Gasteiger partial charge < -0.3 is 44.3 Å². The molecule has 18 nitrogen and oxygen atoms in total. The molecule has 0 radical (unpaired) electrons. The molecular formula is C41H47N5O13S. The zero-order valence-electron chi connectivity index (χ0n) is 33.6. The lowest BCUT2D eigenvalue weighted by atomic mass is 10.0. The van der Waals surface area contributed by atoms with Gasteiger partial charge in [0.1, 0.15) is 16.7 Å². The second kappa shape index (κ2) is 20.1. The molecule has 0 bridgehead atoms. The van der Waals surface area contributed by atoms with E-state index in [1.165, 1.54) is 12.1 Å². The molecule has 3 atom stereocenters. The minimum atomic E-state index is -1.10. The summed E-state index contributed by atoms with van der Waals surface area (Å²) >= 11 is 1.87. The van der Waals surface area contributed by atoms with Crippen molar-refractivity contribution in [1.82, 2.24) is 15.7 Å². The van der Waals surface area contributed by atoms with Crippen LogP contribution >= 0.6 is 11.8 Å². The van der Waals surface area contributed by atoms with E-state index in [9.17, 15) is 38.4 Å². The predicted octanol–water partition coefficient (Wildman–Crippen LogP) is 4.14. The number of nitrogens with zero attached hydrogens (tertiary/aromatic N) is 3. The molecule has 0 saturated carbocycles. The number of thioether (sulfide) groups is 1. The molecule has 5 heterocycles. The number of hydroxylamine groups is 2.